The molecule has 0 radical (unpaired) electrons. The van der Waals surface area contributed by atoms with Crippen molar-refractivity contribution < 1.29 is 4.74 Å². The Bertz CT molecular complexity index is 768. The first kappa shape index (κ1) is 13.5. The third-order valence-electron chi connectivity index (χ3n) is 3.52. The number of nitrogens with one attached hydrogen (secondary N) is 1. The SMILES string of the molecule is COc1cccc(C2=c3cccnc3=CN(C(C)C)N2)c1. The van der Waals surface area contributed by atoms with E-state index in [0.717, 1.165) is 27.6 Å². The van der Waals surface area contributed by atoms with Gasteiger partial charge in [-0.05, 0) is 38.1 Å². The molecule has 1 N–H and O–H groups in total. The molecule has 1 aliphatic heterocycles. The smallest absolute Gasteiger partial charge is 0.119 e. The Morgan fingerprint density at radius 2 is 2.05 bits per heavy atom. The second-order valence-electron chi connectivity index (χ2n) is 5.29. The van der Waals surface area contributed by atoms with Crippen molar-refractivity contribution in [1.29, 1.82) is 0 Å². The molecule has 3 rings (SSSR count). The van der Waals surface area contributed by atoms with Crippen LogP contribution >= 0.6 is 0 Å². The van der Waals surface area contributed by atoms with Gasteiger partial charge in [0.25, 0.3) is 0 Å². The van der Waals surface area contributed by atoms with E-state index in [-0.39, 0.29) is 0 Å². The molecular formula is C17H19N3O. The van der Waals surface area contributed by atoms with E-state index in [2.05, 4.69) is 41.4 Å². The lowest BCUT2D eigenvalue weighted by molar-refractivity contribution is 0.291. The molecular weight excluding hydrogens is 262 g/mol. The maximum Gasteiger partial charge on any atom is 0.119 e. The van der Waals surface area contributed by atoms with Crippen molar-refractivity contribution in [2.24, 2.45) is 0 Å². The predicted molar refractivity (Wildman–Crippen MR) is 83.6 cm³/mol. The number of nitrogens with zero attached hydrogens (tertiary/aromatic N) is 2. The zero-order valence-corrected chi connectivity index (χ0v) is 12.5. The molecule has 1 aromatic heterocycles. The van der Waals surface area contributed by atoms with Gasteiger partial charge in [-0.15, -0.1) is 0 Å². The fourth-order valence-electron chi connectivity index (χ4n) is 2.36. The van der Waals surface area contributed by atoms with Crippen LogP contribution in [0.2, 0.25) is 0 Å². The zero-order valence-electron chi connectivity index (χ0n) is 12.5. The van der Waals surface area contributed by atoms with E-state index in [1.54, 1.807) is 7.11 Å². The van der Waals surface area contributed by atoms with Gasteiger partial charge in [0, 0.05) is 29.2 Å². The summed E-state index contributed by atoms with van der Waals surface area (Å²) in [5.41, 5.74) is 5.61. The monoisotopic (exact) mass is 281 g/mol. The summed E-state index contributed by atoms with van der Waals surface area (Å²) in [7, 11) is 1.68. The van der Waals surface area contributed by atoms with Gasteiger partial charge in [0.1, 0.15) is 5.75 Å². The average molecular weight is 281 g/mol. The molecule has 1 aromatic carbocycles. The van der Waals surface area contributed by atoms with Crippen LogP contribution in [-0.4, -0.2) is 23.1 Å². The molecule has 0 spiro atoms. The van der Waals surface area contributed by atoms with Gasteiger partial charge in [-0.25, -0.2) is 0 Å². The molecule has 0 atom stereocenters. The van der Waals surface area contributed by atoms with Crippen LogP contribution in [0, 0.1) is 0 Å². The third-order valence-corrected chi connectivity index (χ3v) is 3.52. The Morgan fingerprint density at radius 3 is 2.81 bits per heavy atom. The summed E-state index contributed by atoms with van der Waals surface area (Å²) in [6, 6.07) is 12.4. The Kier molecular flexibility index (Phi) is 3.52. The Labute approximate surface area is 124 Å². The first-order valence-corrected chi connectivity index (χ1v) is 7.05. The molecule has 108 valence electrons. The summed E-state index contributed by atoms with van der Waals surface area (Å²) in [5.74, 6) is 0.845. The molecule has 0 saturated heterocycles. The van der Waals surface area contributed by atoms with E-state index in [9.17, 15) is 0 Å². The average Bonchev–Trinajstić information content (AvgIpc) is 2.53. The number of rotatable bonds is 3. The summed E-state index contributed by atoms with van der Waals surface area (Å²) in [5, 5.41) is 4.15. The van der Waals surface area contributed by atoms with Gasteiger partial charge in [-0.3, -0.25) is 15.4 Å². The highest BCUT2D eigenvalue weighted by Gasteiger charge is 2.14. The van der Waals surface area contributed by atoms with Crippen molar-refractivity contribution in [3.05, 3.63) is 58.7 Å². The number of hydrogen-bond acceptors (Lipinski definition) is 4. The van der Waals surface area contributed by atoms with Gasteiger partial charge in [0.05, 0.1) is 18.2 Å². The van der Waals surface area contributed by atoms with E-state index in [1.807, 2.05) is 36.7 Å². The first-order chi connectivity index (χ1) is 10.2. The predicted octanol–water partition coefficient (Wildman–Crippen LogP) is 1.21. The topological polar surface area (TPSA) is 37.4 Å². The minimum Gasteiger partial charge on any atom is -0.497 e. The van der Waals surface area contributed by atoms with Crippen molar-refractivity contribution in [3.8, 4) is 5.75 Å². The maximum atomic E-state index is 5.33. The van der Waals surface area contributed by atoms with E-state index >= 15 is 0 Å². The van der Waals surface area contributed by atoms with Crippen molar-refractivity contribution in [1.82, 2.24) is 15.4 Å². The molecule has 0 aliphatic carbocycles. The molecule has 0 amide bonds. The number of fused-ring (bicyclic) bond motifs is 1. The minimum atomic E-state index is 0.334. The highest BCUT2D eigenvalue weighted by Crippen LogP contribution is 2.18. The number of hydrazine groups is 1. The lowest BCUT2D eigenvalue weighted by atomic mass is 10.1. The zero-order chi connectivity index (χ0) is 14.8. The van der Waals surface area contributed by atoms with E-state index in [4.69, 9.17) is 4.74 Å². The van der Waals surface area contributed by atoms with Crippen LogP contribution in [0.5, 0.6) is 5.75 Å². The molecule has 2 aromatic rings. The van der Waals surface area contributed by atoms with Crippen LogP contribution < -0.4 is 20.7 Å². The van der Waals surface area contributed by atoms with Gasteiger partial charge >= 0.3 is 0 Å². The van der Waals surface area contributed by atoms with Crippen molar-refractivity contribution in [2.75, 3.05) is 7.11 Å². The van der Waals surface area contributed by atoms with Gasteiger partial charge in [0.2, 0.25) is 0 Å². The van der Waals surface area contributed by atoms with E-state index in [1.165, 1.54) is 0 Å². The molecule has 4 heteroatoms. The van der Waals surface area contributed by atoms with Gasteiger partial charge < -0.3 is 4.74 Å². The van der Waals surface area contributed by atoms with Crippen LogP contribution in [0.15, 0.2) is 42.6 Å². The lowest BCUT2D eigenvalue weighted by Crippen LogP contribution is -2.49. The van der Waals surface area contributed by atoms with Gasteiger partial charge in [-0.1, -0.05) is 12.1 Å². The molecule has 1 aliphatic rings. The Morgan fingerprint density at radius 1 is 1.19 bits per heavy atom. The number of ether oxygens (including phenoxy) is 1. The second-order valence-corrected chi connectivity index (χ2v) is 5.29. The maximum absolute atomic E-state index is 5.33. The Balaban J connectivity index is 2.22. The quantitative estimate of drug-likeness (QED) is 0.918. The highest BCUT2D eigenvalue weighted by atomic mass is 16.5. The first-order valence-electron chi connectivity index (χ1n) is 7.05. The summed E-state index contributed by atoms with van der Waals surface area (Å²) in [6.45, 7) is 4.28. The number of aromatic nitrogens is 1. The highest BCUT2D eigenvalue weighted by molar-refractivity contribution is 5.66. The summed E-state index contributed by atoms with van der Waals surface area (Å²) < 4.78 is 5.33. The fourth-order valence-corrected chi connectivity index (χ4v) is 2.36. The van der Waals surface area contributed by atoms with Crippen LogP contribution in [0.3, 0.4) is 0 Å². The van der Waals surface area contributed by atoms with Gasteiger partial charge in [-0.2, -0.15) is 0 Å². The fraction of sp³-hybridized carbons (Fsp3) is 0.235. The molecule has 21 heavy (non-hydrogen) atoms. The molecule has 0 unspecified atom stereocenters. The molecule has 4 nitrogen and oxygen atoms in total. The lowest BCUT2D eigenvalue weighted by Gasteiger charge is -2.30. The van der Waals surface area contributed by atoms with Crippen LogP contribution in [-0.2, 0) is 0 Å². The van der Waals surface area contributed by atoms with Gasteiger partial charge in [0.15, 0.2) is 0 Å². The van der Waals surface area contributed by atoms with Crippen LogP contribution in [0.1, 0.15) is 19.4 Å². The molecule has 0 saturated carbocycles. The number of hydrogen-bond donors (Lipinski definition) is 1. The summed E-state index contributed by atoms with van der Waals surface area (Å²) in [6.07, 6.45) is 3.87. The number of pyridine rings is 1. The molecule has 2 heterocycles. The standard InChI is InChI=1S/C17H19N3O/c1-12(2)20-11-16-15(8-5-9-18-16)17(19-20)13-6-4-7-14(10-13)21-3/h4-12,19H,1-3H3. The van der Waals surface area contributed by atoms with Crippen LogP contribution in [0.25, 0.3) is 11.9 Å². The van der Waals surface area contributed by atoms with Crippen molar-refractivity contribution in [3.63, 3.8) is 0 Å². The second kappa shape index (κ2) is 5.48. The number of benzene rings is 1. The largest absolute Gasteiger partial charge is 0.497 e. The summed E-state index contributed by atoms with van der Waals surface area (Å²) in [4.78, 5) is 4.48. The van der Waals surface area contributed by atoms with Crippen molar-refractivity contribution in [2.45, 2.75) is 19.9 Å². The number of methoxy groups -OCH3 is 1. The third kappa shape index (κ3) is 2.57. The molecule has 0 bridgehead atoms. The molecule has 0 fully saturated rings. The van der Waals surface area contributed by atoms with Crippen molar-refractivity contribution >= 4 is 11.9 Å². The normalized spacial score (nSPS) is 13.5. The minimum absolute atomic E-state index is 0.334. The Hall–Kier alpha value is -2.49. The summed E-state index contributed by atoms with van der Waals surface area (Å²) >= 11 is 0. The van der Waals surface area contributed by atoms with E-state index < -0.39 is 0 Å². The van der Waals surface area contributed by atoms with Crippen LogP contribution in [0.4, 0.5) is 0 Å². The van der Waals surface area contributed by atoms with E-state index in [0.29, 0.717) is 6.04 Å².